The maximum atomic E-state index is 10.1. The fourth-order valence-electron chi connectivity index (χ4n) is 0.522. The van der Waals surface area contributed by atoms with Gasteiger partial charge in [-0.3, -0.25) is 0 Å². The summed E-state index contributed by atoms with van der Waals surface area (Å²) in [5, 5.41) is 0. The molecule has 0 aromatic heterocycles. The molecule has 0 aromatic rings. The monoisotopic (exact) mass is 150 g/mol. The lowest BCUT2D eigenvalue weighted by Gasteiger charge is -2.04. The fourth-order valence-corrected chi connectivity index (χ4v) is 0.934. The molecule has 0 amide bonds. The van der Waals surface area contributed by atoms with E-state index < -0.39 is 8.03 Å². The third-order valence-corrected chi connectivity index (χ3v) is 1.65. The van der Waals surface area contributed by atoms with Gasteiger partial charge in [0.05, 0.1) is 0 Å². The first kappa shape index (κ1) is 9.02. The first-order valence-corrected chi connectivity index (χ1v) is 4.31. The van der Waals surface area contributed by atoms with Crippen molar-refractivity contribution in [1.82, 2.24) is 4.90 Å². The van der Waals surface area contributed by atoms with Gasteiger partial charge in [0.25, 0.3) is 0 Å². The number of hydrogen-bond acceptors (Lipinski definition) is 2. The summed E-state index contributed by atoms with van der Waals surface area (Å²) < 4.78 is 10.1. The third-order valence-electron chi connectivity index (χ3n) is 0.955. The van der Waals surface area contributed by atoms with Crippen LogP contribution in [-0.4, -0.2) is 36.6 Å². The maximum Gasteiger partial charge on any atom is 0.505 e. The second-order valence-electron chi connectivity index (χ2n) is 2.23. The van der Waals surface area contributed by atoms with Crippen molar-refractivity contribution in [3.05, 3.63) is 0 Å². The van der Waals surface area contributed by atoms with Crippen LogP contribution in [0.5, 0.6) is 0 Å². The van der Waals surface area contributed by atoms with Crippen LogP contribution in [0.2, 0.25) is 0 Å². The van der Waals surface area contributed by atoms with E-state index in [0.717, 1.165) is 13.0 Å². The van der Waals surface area contributed by atoms with Gasteiger partial charge in [0.1, 0.15) is 0 Å². The zero-order valence-corrected chi connectivity index (χ0v) is 6.77. The molecule has 1 unspecified atom stereocenters. The molecule has 0 aliphatic carbocycles. The zero-order valence-electron chi connectivity index (χ0n) is 5.87. The van der Waals surface area contributed by atoms with E-state index in [1.54, 1.807) is 0 Å². The van der Waals surface area contributed by atoms with Crippen LogP contribution in [0, 0.1) is 0 Å². The van der Waals surface area contributed by atoms with Crippen LogP contribution >= 0.6 is 8.03 Å². The van der Waals surface area contributed by atoms with E-state index in [4.69, 9.17) is 4.89 Å². The van der Waals surface area contributed by atoms with Gasteiger partial charge < -0.3 is 4.90 Å². The van der Waals surface area contributed by atoms with E-state index in [1.165, 1.54) is 0 Å². The molecular formula is C5H13NO2P+. The molecule has 0 rings (SSSR count). The van der Waals surface area contributed by atoms with Gasteiger partial charge in [0.2, 0.25) is 0 Å². The van der Waals surface area contributed by atoms with Gasteiger partial charge >= 0.3 is 8.03 Å². The van der Waals surface area contributed by atoms with Gasteiger partial charge in [0, 0.05) is 13.0 Å². The molecule has 9 heavy (non-hydrogen) atoms. The molecule has 0 saturated carbocycles. The minimum absolute atomic E-state index is 0.424. The topological polar surface area (TPSA) is 40.5 Å². The van der Waals surface area contributed by atoms with E-state index in [9.17, 15) is 4.57 Å². The summed E-state index contributed by atoms with van der Waals surface area (Å²) in [6, 6.07) is 0. The lowest BCUT2D eigenvalue weighted by molar-refractivity contribution is 0.405. The molecule has 0 spiro atoms. The molecule has 0 bridgehead atoms. The summed E-state index contributed by atoms with van der Waals surface area (Å²) in [6.45, 7) is 0.891. The van der Waals surface area contributed by atoms with Gasteiger partial charge in [-0.05, 0) is 18.7 Å². The van der Waals surface area contributed by atoms with Crippen molar-refractivity contribution in [2.45, 2.75) is 6.42 Å². The number of nitrogens with zero attached hydrogens (tertiary/aromatic N) is 1. The average Bonchev–Trinajstić information content (AvgIpc) is 1.63. The molecule has 1 N–H and O–H groups in total. The molecule has 54 valence electrons. The van der Waals surface area contributed by atoms with E-state index in [-0.39, 0.29) is 0 Å². The van der Waals surface area contributed by atoms with Crippen molar-refractivity contribution in [1.29, 1.82) is 0 Å². The van der Waals surface area contributed by atoms with Crippen molar-refractivity contribution >= 4 is 8.03 Å². The van der Waals surface area contributed by atoms with E-state index in [1.807, 2.05) is 19.0 Å². The number of rotatable bonds is 4. The highest BCUT2D eigenvalue weighted by Gasteiger charge is 2.07. The molecule has 0 saturated heterocycles. The van der Waals surface area contributed by atoms with Crippen LogP contribution in [0.25, 0.3) is 0 Å². The van der Waals surface area contributed by atoms with Crippen molar-refractivity contribution in [2.75, 3.05) is 26.8 Å². The first-order valence-electron chi connectivity index (χ1n) is 2.91. The first-order chi connectivity index (χ1) is 4.13. The lowest BCUT2D eigenvalue weighted by Crippen LogP contribution is -2.13. The summed E-state index contributed by atoms with van der Waals surface area (Å²) in [7, 11) is 1.99. The summed E-state index contributed by atoms with van der Waals surface area (Å²) in [4.78, 5) is 10.4. The van der Waals surface area contributed by atoms with Gasteiger partial charge in [-0.2, -0.15) is 4.89 Å². The Morgan fingerprint density at radius 1 is 1.56 bits per heavy atom. The van der Waals surface area contributed by atoms with Crippen molar-refractivity contribution in [3.63, 3.8) is 0 Å². The highest BCUT2D eigenvalue weighted by Crippen LogP contribution is 2.13. The Morgan fingerprint density at radius 3 is 2.44 bits per heavy atom. The fraction of sp³-hybridized carbons (Fsp3) is 1.00. The van der Waals surface area contributed by atoms with Crippen molar-refractivity contribution in [3.8, 4) is 0 Å². The highest BCUT2D eigenvalue weighted by molar-refractivity contribution is 7.37. The Balaban J connectivity index is 3.01. The van der Waals surface area contributed by atoms with E-state index >= 15 is 0 Å². The second-order valence-corrected chi connectivity index (χ2v) is 3.38. The average molecular weight is 150 g/mol. The van der Waals surface area contributed by atoms with Gasteiger partial charge in [0.15, 0.2) is 6.16 Å². The maximum absolute atomic E-state index is 10.1. The molecule has 3 nitrogen and oxygen atoms in total. The van der Waals surface area contributed by atoms with Gasteiger partial charge in [-0.1, -0.05) is 0 Å². The van der Waals surface area contributed by atoms with Crippen LogP contribution in [-0.2, 0) is 4.57 Å². The molecule has 0 heterocycles. The molecule has 4 heteroatoms. The molecule has 1 atom stereocenters. The highest BCUT2D eigenvalue weighted by atomic mass is 31.1. The molecule has 0 aliphatic rings. The summed E-state index contributed by atoms with van der Waals surface area (Å²) in [6.07, 6.45) is 1.23. The smallest absolute Gasteiger partial charge is 0.309 e. The Hall–Kier alpha value is 0.0200. The van der Waals surface area contributed by atoms with Crippen LogP contribution in [0.4, 0.5) is 0 Å². The summed E-state index contributed by atoms with van der Waals surface area (Å²) in [5.41, 5.74) is 0. The van der Waals surface area contributed by atoms with Crippen LogP contribution in [0.3, 0.4) is 0 Å². The minimum atomic E-state index is -1.91. The Labute approximate surface area is 56.5 Å². The normalized spacial score (nSPS) is 12.2. The molecular weight excluding hydrogens is 137 g/mol. The third kappa shape index (κ3) is 8.02. The standard InChI is InChI=1S/C5H12NO2P/c1-6(2)4-3-5-9(7)8/h3-5H2,1-2H3/p+1. The Kier molecular flexibility index (Phi) is 4.87. The van der Waals surface area contributed by atoms with Crippen molar-refractivity contribution in [2.24, 2.45) is 0 Å². The molecule has 0 aromatic carbocycles. The minimum Gasteiger partial charge on any atom is -0.309 e. The summed E-state index contributed by atoms with van der Waals surface area (Å²) >= 11 is 0. The Bertz CT molecular complexity index is 95.0. The second kappa shape index (κ2) is 4.86. The molecule has 0 aliphatic heterocycles. The quantitative estimate of drug-likeness (QED) is 0.599. The summed E-state index contributed by atoms with van der Waals surface area (Å²) in [5.74, 6) is 0. The van der Waals surface area contributed by atoms with Crippen LogP contribution in [0.15, 0.2) is 0 Å². The predicted molar refractivity (Wildman–Crippen MR) is 37.9 cm³/mol. The van der Waals surface area contributed by atoms with Crippen LogP contribution < -0.4 is 0 Å². The van der Waals surface area contributed by atoms with E-state index in [2.05, 4.69) is 0 Å². The van der Waals surface area contributed by atoms with Gasteiger partial charge in [-0.25, -0.2) is 0 Å². The van der Waals surface area contributed by atoms with Crippen molar-refractivity contribution < 1.29 is 9.46 Å². The van der Waals surface area contributed by atoms with E-state index in [0.29, 0.717) is 6.16 Å². The van der Waals surface area contributed by atoms with Gasteiger partial charge in [-0.15, -0.1) is 0 Å². The zero-order chi connectivity index (χ0) is 7.28. The number of hydrogen-bond donors (Lipinski definition) is 1. The molecule has 0 fully saturated rings. The molecule has 0 radical (unpaired) electrons. The largest absolute Gasteiger partial charge is 0.505 e. The van der Waals surface area contributed by atoms with Crippen LogP contribution in [0.1, 0.15) is 6.42 Å². The SMILES string of the molecule is CN(C)CCC[P+](=O)O. The predicted octanol–water partition coefficient (Wildman–Crippen LogP) is 0.673. The Morgan fingerprint density at radius 2 is 2.11 bits per heavy atom. The lowest BCUT2D eigenvalue weighted by atomic mass is 10.5.